The SMILES string of the molecule is Cc1ccc(-c2cc(C(=O)NCC(O)CN3CCOCC3)c3ccccc3n2)c(C)c1. The summed E-state index contributed by atoms with van der Waals surface area (Å²) in [5, 5.41) is 14.1. The summed E-state index contributed by atoms with van der Waals surface area (Å²) in [6, 6.07) is 15.7. The van der Waals surface area contributed by atoms with E-state index in [9.17, 15) is 9.90 Å². The van der Waals surface area contributed by atoms with Crippen LogP contribution in [0.3, 0.4) is 0 Å². The van der Waals surface area contributed by atoms with Crippen molar-refractivity contribution in [2.45, 2.75) is 20.0 Å². The summed E-state index contributed by atoms with van der Waals surface area (Å²) in [6.07, 6.45) is -0.631. The molecule has 1 atom stereocenters. The minimum atomic E-state index is -0.631. The summed E-state index contributed by atoms with van der Waals surface area (Å²) >= 11 is 0. The number of aryl methyl sites for hydroxylation is 2. The summed E-state index contributed by atoms with van der Waals surface area (Å²) in [5.74, 6) is -0.203. The Kier molecular flexibility index (Phi) is 6.61. The molecule has 0 aliphatic carbocycles. The molecule has 1 aromatic heterocycles. The Morgan fingerprint density at radius 1 is 1.16 bits per heavy atom. The number of aromatic nitrogens is 1. The lowest BCUT2D eigenvalue weighted by molar-refractivity contribution is 0.0149. The fourth-order valence-corrected chi connectivity index (χ4v) is 4.05. The topological polar surface area (TPSA) is 74.7 Å². The second-order valence-corrected chi connectivity index (χ2v) is 8.17. The number of hydrogen-bond donors (Lipinski definition) is 2. The number of carbonyl (C=O) groups excluding carboxylic acids is 1. The van der Waals surface area contributed by atoms with E-state index in [0.717, 1.165) is 40.8 Å². The van der Waals surface area contributed by atoms with Gasteiger partial charge in [-0.15, -0.1) is 0 Å². The monoisotopic (exact) mass is 419 g/mol. The number of benzene rings is 2. The highest BCUT2D eigenvalue weighted by Gasteiger charge is 2.18. The van der Waals surface area contributed by atoms with Crippen molar-refractivity contribution in [1.29, 1.82) is 0 Å². The number of aliphatic hydroxyl groups is 1. The van der Waals surface area contributed by atoms with Crippen LogP contribution in [0.25, 0.3) is 22.2 Å². The Labute approximate surface area is 182 Å². The molecule has 2 N–H and O–H groups in total. The van der Waals surface area contributed by atoms with Gasteiger partial charge in [0.1, 0.15) is 0 Å². The lowest BCUT2D eigenvalue weighted by Crippen LogP contribution is -2.44. The third kappa shape index (κ3) is 5.10. The number of carbonyl (C=O) groups is 1. The van der Waals surface area contributed by atoms with Crippen LogP contribution in [0, 0.1) is 13.8 Å². The molecule has 0 saturated carbocycles. The molecule has 0 spiro atoms. The van der Waals surface area contributed by atoms with Crippen molar-refractivity contribution >= 4 is 16.8 Å². The fraction of sp³-hybridized carbons (Fsp3) is 0.360. The van der Waals surface area contributed by atoms with Gasteiger partial charge in [-0.2, -0.15) is 0 Å². The normalized spacial score (nSPS) is 15.7. The number of rotatable bonds is 6. The van der Waals surface area contributed by atoms with Gasteiger partial charge in [-0.1, -0.05) is 42.0 Å². The van der Waals surface area contributed by atoms with Gasteiger partial charge < -0.3 is 15.2 Å². The molecular weight excluding hydrogens is 390 g/mol. The highest BCUT2D eigenvalue weighted by molar-refractivity contribution is 6.07. The first-order valence-electron chi connectivity index (χ1n) is 10.7. The fourth-order valence-electron chi connectivity index (χ4n) is 4.05. The Hall–Kier alpha value is -2.80. The van der Waals surface area contributed by atoms with Gasteiger partial charge in [-0.25, -0.2) is 4.98 Å². The van der Waals surface area contributed by atoms with E-state index in [1.807, 2.05) is 30.3 Å². The lowest BCUT2D eigenvalue weighted by atomic mass is 9.99. The Morgan fingerprint density at radius 3 is 2.71 bits per heavy atom. The van der Waals surface area contributed by atoms with E-state index >= 15 is 0 Å². The summed E-state index contributed by atoms with van der Waals surface area (Å²) in [6.45, 7) is 7.82. The van der Waals surface area contributed by atoms with Crippen LogP contribution in [0.5, 0.6) is 0 Å². The van der Waals surface area contributed by atoms with Gasteiger partial charge >= 0.3 is 0 Å². The molecule has 3 aromatic rings. The molecule has 4 rings (SSSR count). The first-order valence-corrected chi connectivity index (χ1v) is 10.7. The van der Waals surface area contributed by atoms with E-state index < -0.39 is 6.10 Å². The van der Waals surface area contributed by atoms with Crippen LogP contribution in [-0.4, -0.2) is 66.4 Å². The average Bonchev–Trinajstić information content (AvgIpc) is 2.77. The number of fused-ring (bicyclic) bond motifs is 1. The molecule has 162 valence electrons. The van der Waals surface area contributed by atoms with Crippen molar-refractivity contribution in [3.8, 4) is 11.3 Å². The number of hydrogen-bond acceptors (Lipinski definition) is 5. The van der Waals surface area contributed by atoms with Crippen LogP contribution >= 0.6 is 0 Å². The summed E-state index contributed by atoms with van der Waals surface area (Å²) in [7, 11) is 0. The highest BCUT2D eigenvalue weighted by Crippen LogP contribution is 2.27. The van der Waals surface area contributed by atoms with Crippen molar-refractivity contribution in [3.63, 3.8) is 0 Å². The van der Waals surface area contributed by atoms with E-state index in [-0.39, 0.29) is 12.5 Å². The van der Waals surface area contributed by atoms with Crippen molar-refractivity contribution in [2.75, 3.05) is 39.4 Å². The molecule has 1 fully saturated rings. The number of morpholine rings is 1. The first-order chi connectivity index (χ1) is 15.0. The molecule has 1 amide bonds. The predicted octanol–water partition coefficient (Wildman–Crippen LogP) is 2.94. The zero-order valence-corrected chi connectivity index (χ0v) is 18.1. The number of ether oxygens (including phenoxy) is 1. The van der Waals surface area contributed by atoms with E-state index in [0.29, 0.717) is 25.3 Å². The largest absolute Gasteiger partial charge is 0.390 e. The summed E-state index contributed by atoms with van der Waals surface area (Å²) in [4.78, 5) is 20.1. The van der Waals surface area contributed by atoms with Crippen molar-refractivity contribution in [3.05, 3.63) is 65.2 Å². The van der Waals surface area contributed by atoms with E-state index in [2.05, 4.69) is 42.3 Å². The quantitative estimate of drug-likeness (QED) is 0.643. The van der Waals surface area contributed by atoms with Gasteiger partial charge in [0.05, 0.1) is 36.1 Å². The number of amides is 1. The molecule has 6 nitrogen and oxygen atoms in total. The number of aliphatic hydroxyl groups excluding tert-OH is 1. The van der Waals surface area contributed by atoms with Gasteiger partial charge in [0.25, 0.3) is 5.91 Å². The van der Waals surface area contributed by atoms with Crippen LogP contribution in [-0.2, 0) is 4.74 Å². The molecule has 1 aliphatic rings. The van der Waals surface area contributed by atoms with Crippen LogP contribution in [0.2, 0.25) is 0 Å². The molecule has 1 unspecified atom stereocenters. The highest BCUT2D eigenvalue weighted by atomic mass is 16.5. The second kappa shape index (κ2) is 9.56. The third-order valence-corrected chi connectivity index (χ3v) is 5.69. The van der Waals surface area contributed by atoms with E-state index in [1.54, 1.807) is 0 Å². The maximum Gasteiger partial charge on any atom is 0.252 e. The Balaban J connectivity index is 1.56. The predicted molar refractivity (Wildman–Crippen MR) is 122 cm³/mol. The Bertz CT molecular complexity index is 1080. The van der Waals surface area contributed by atoms with Gasteiger partial charge in [0.15, 0.2) is 0 Å². The van der Waals surface area contributed by atoms with Crippen molar-refractivity contribution in [1.82, 2.24) is 15.2 Å². The lowest BCUT2D eigenvalue weighted by Gasteiger charge is -2.28. The standard InChI is InChI=1S/C25H29N3O3/c1-17-7-8-20(18(2)13-17)24-14-22(21-5-3-4-6-23(21)27-24)25(30)26-15-19(29)16-28-9-11-31-12-10-28/h3-8,13-14,19,29H,9-12,15-16H2,1-2H3,(H,26,30). The maximum absolute atomic E-state index is 13.1. The van der Waals surface area contributed by atoms with Crippen LogP contribution in [0.15, 0.2) is 48.5 Å². The third-order valence-electron chi connectivity index (χ3n) is 5.69. The number of nitrogens with zero attached hydrogens (tertiary/aromatic N) is 2. The Morgan fingerprint density at radius 2 is 1.94 bits per heavy atom. The molecule has 2 heterocycles. The number of pyridine rings is 1. The molecular formula is C25H29N3O3. The van der Waals surface area contributed by atoms with Gasteiger partial charge in [0.2, 0.25) is 0 Å². The zero-order valence-electron chi connectivity index (χ0n) is 18.1. The van der Waals surface area contributed by atoms with Gasteiger partial charge in [-0.3, -0.25) is 9.69 Å². The number of β-amino-alcohol motifs (C(OH)–C–C–N with tert-alkyl or cyclic N) is 1. The van der Waals surface area contributed by atoms with Crippen LogP contribution in [0.4, 0.5) is 0 Å². The molecule has 0 bridgehead atoms. The molecule has 0 radical (unpaired) electrons. The minimum absolute atomic E-state index is 0.200. The molecule has 31 heavy (non-hydrogen) atoms. The van der Waals surface area contributed by atoms with Gasteiger partial charge in [-0.05, 0) is 31.5 Å². The van der Waals surface area contributed by atoms with Gasteiger partial charge in [0, 0.05) is 37.1 Å². The zero-order chi connectivity index (χ0) is 21.8. The van der Waals surface area contributed by atoms with E-state index in [1.165, 1.54) is 5.56 Å². The van der Waals surface area contributed by atoms with E-state index in [4.69, 9.17) is 9.72 Å². The molecule has 1 saturated heterocycles. The summed E-state index contributed by atoms with van der Waals surface area (Å²) in [5.41, 5.74) is 5.44. The summed E-state index contributed by atoms with van der Waals surface area (Å²) < 4.78 is 5.34. The second-order valence-electron chi connectivity index (χ2n) is 8.17. The molecule has 2 aromatic carbocycles. The van der Waals surface area contributed by atoms with Crippen molar-refractivity contribution < 1.29 is 14.6 Å². The molecule has 6 heteroatoms. The number of nitrogens with one attached hydrogen (secondary N) is 1. The van der Waals surface area contributed by atoms with Crippen molar-refractivity contribution in [2.24, 2.45) is 0 Å². The number of para-hydroxylation sites is 1. The minimum Gasteiger partial charge on any atom is -0.390 e. The first kappa shape index (κ1) is 21.4. The van der Waals surface area contributed by atoms with Crippen LogP contribution in [0.1, 0.15) is 21.5 Å². The molecule has 1 aliphatic heterocycles. The van der Waals surface area contributed by atoms with Crippen LogP contribution < -0.4 is 5.32 Å². The maximum atomic E-state index is 13.1. The average molecular weight is 420 g/mol. The smallest absolute Gasteiger partial charge is 0.252 e.